The molecule has 1 saturated heterocycles. The van der Waals surface area contributed by atoms with E-state index >= 15 is 0 Å². The van der Waals surface area contributed by atoms with Crippen molar-refractivity contribution in [3.63, 3.8) is 0 Å². The zero-order chi connectivity index (χ0) is 29.8. The summed E-state index contributed by atoms with van der Waals surface area (Å²) in [5.41, 5.74) is 1.59. The number of amides is 1. The van der Waals surface area contributed by atoms with Gasteiger partial charge in [-0.25, -0.2) is 4.79 Å². The number of nitrogens with zero attached hydrogens (tertiary/aromatic N) is 2. The van der Waals surface area contributed by atoms with Crippen molar-refractivity contribution in [3.8, 4) is 11.5 Å². The molecule has 0 N–H and O–H groups in total. The topological polar surface area (TPSA) is 104 Å². The molecule has 3 atom stereocenters. The van der Waals surface area contributed by atoms with Gasteiger partial charge in [0.05, 0.1) is 31.3 Å². The van der Waals surface area contributed by atoms with Gasteiger partial charge in [0.15, 0.2) is 23.6 Å². The maximum Gasteiger partial charge on any atom is 0.344 e. The maximum atomic E-state index is 14.1. The first-order valence-corrected chi connectivity index (χ1v) is 14.6. The Kier molecular flexibility index (Phi) is 8.82. The van der Waals surface area contributed by atoms with Crippen molar-refractivity contribution in [2.75, 3.05) is 26.9 Å². The van der Waals surface area contributed by atoms with Crippen LogP contribution in [-0.2, 0) is 23.9 Å². The molecule has 3 aromatic carbocycles. The molecule has 3 aromatic rings. The Morgan fingerprint density at radius 1 is 1.00 bits per heavy atom. The van der Waals surface area contributed by atoms with Crippen molar-refractivity contribution in [3.05, 3.63) is 76.7 Å². The number of esters is 2. The molecule has 0 radical (unpaired) electrons. The number of rotatable bonds is 9. The highest BCUT2D eigenvalue weighted by Gasteiger charge is 2.50. The van der Waals surface area contributed by atoms with Crippen LogP contribution in [0.15, 0.2) is 70.6 Å². The minimum absolute atomic E-state index is 0.192. The van der Waals surface area contributed by atoms with Gasteiger partial charge >= 0.3 is 11.9 Å². The molecule has 0 spiro atoms. The van der Waals surface area contributed by atoms with Crippen molar-refractivity contribution in [1.82, 2.24) is 4.90 Å². The van der Waals surface area contributed by atoms with E-state index in [0.717, 1.165) is 16.3 Å². The van der Waals surface area contributed by atoms with Crippen LogP contribution in [0, 0.1) is 5.92 Å². The molecule has 1 fully saturated rings. The Morgan fingerprint density at radius 3 is 2.52 bits per heavy atom. The lowest BCUT2D eigenvalue weighted by atomic mass is 9.86. The Hall–Kier alpha value is -4.31. The molecule has 0 aromatic heterocycles. The highest BCUT2D eigenvalue weighted by molar-refractivity contribution is 8.05. The number of hydrogen-bond acceptors (Lipinski definition) is 9. The van der Waals surface area contributed by atoms with Crippen LogP contribution in [0.5, 0.6) is 11.5 Å². The third-order valence-electron chi connectivity index (χ3n) is 7.13. The van der Waals surface area contributed by atoms with Crippen LogP contribution in [0.1, 0.15) is 37.9 Å². The van der Waals surface area contributed by atoms with E-state index in [0.29, 0.717) is 27.7 Å². The van der Waals surface area contributed by atoms with Crippen molar-refractivity contribution in [1.29, 1.82) is 0 Å². The van der Waals surface area contributed by atoms with E-state index in [2.05, 4.69) is 0 Å². The van der Waals surface area contributed by atoms with E-state index in [-0.39, 0.29) is 25.7 Å². The number of fused-ring (bicyclic) bond motifs is 2. The summed E-state index contributed by atoms with van der Waals surface area (Å²) in [4.78, 5) is 46.1. The third kappa shape index (κ3) is 5.72. The molecule has 2 aliphatic rings. The van der Waals surface area contributed by atoms with E-state index in [4.69, 9.17) is 23.9 Å². The fourth-order valence-electron chi connectivity index (χ4n) is 5.27. The molecule has 10 heteroatoms. The van der Waals surface area contributed by atoms with E-state index in [1.54, 1.807) is 43.9 Å². The van der Waals surface area contributed by atoms with Crippen molar-refractivity contribution in [2.45, 2.75) is 32.3 Å². The predicted molar refractivity (Wildman–Crippen MR) is 161 cm³/mol. The molecular weight excluding hydrogens is 556 g/mol. The molecule has 42 heavy (non-hydrogen) atoms. The van der Waals surface area contributed by atoms with Crippen molar-refractivity contribution < 1.29 is 33.3 Å². The summed E-state index contributed by atoms with van der Waals surface area (Å²) >= 11 is 1.35. The summed E-state index contributed by atoms with van der Waals surface area (Å²) < 4.78 is 21.6. The molecule has 0 aliphatic carbocycles. The number of carbonyl (C=O) groups is 3. The number of aliphatic imine (C=N–C) groups is 1. The number of methoxy groups -OCH3 is 1. The monoisotopic (exact) mass is 588 g/mol. The average Bonchev–Trinajstić information content (AvgIpc) is 3.29. The minimum atomic E-state index is -0.821. The van der Waals surface area contributed by atoms with Crippen LogP contribution in [-0.4, -0.2) is 60.9 Å². The summed E-state index contributed by atoms with van der Waals surface area (Å²) in [6, 6.07) is 18.4. The second-order valence-corrected chi connectivity index (χ2v) is 10.8. The molecule has 1 amide bonds. The van der Waals surface area contributed by atoms with E-state index < -0.39 is 29.4 Å². The molecular formula is C32H32N2O7S. The van der Waals surface area contributed by atoms with Gasteiger partial charge in [-0.05, 0) is 60.9 Å². The number of benzene rings is 3. The molecule has 218 valence electrons. The SMILES string of the molecule is CCOC(=O)COc1ccc([C@H]2[C@H](C(=O)OCC)C(C)=N[C@@H]3S/C(=C/c4cccc5ccccc45)C(=O)N32)cc1OC. The Bertz CT molecular complexity index is 1580. The second-order valence-electron chi connectivity index (χ2n) is 9.68. The largest absolute Gasteiger partial charge is 0.493 e. The highest BCUT2D eigenvalue weighted by Crippen LogP contribution is 2.49. The van der Waals surface area contributed by atoms with E-state index in [1.165, 1.54) is 18.9 Å². The zero-order valence-electron chi connectivity index (χ0n) is 23.9. The Morgan fingerprint density at radius 2 is 1.76 bits per heavy atom. The zero-order valence-corrected chi connectivity index (χ0v) is 24.7. The third-order valence-corrected chi connectivity index (χ3v) is 8.22. The highest BCUT2D eigenvalue weighted by atomic mass is 32.2. The normalized spacial score (nSPS) is 20.7. The summed E-state index contributed by atoms with van der Waals surface area (Å²) in [7, 11) is 1.48. The van der Waals surface area contributed by atoms with Crippen LogP contribution in [0.2, 0.25) is 0 Å². The van der Waals surface area contributed by atoms with Crippen LogP contribution in [0.25, 0.3) is 16.8 Å². The Balaban J connectivity index is 1.54. The summed E-state index contributed by atoms with van der Waals surface area (Å²) in [6.07, 6.45) is 1.89. The number of ether oxygens (including phenoxy) is 4. The smallest absolute Gasteiger partial charge is 0.344 e. The molecule has 5 rings (SSSR count). The molecule has 0 saturated carbocycles. The standard InChI is InChI=1S/C32H32N2O7S/c1-5-39-27(35)18-41-24-15-14-22(16-25(24)38-4)29-28(31(37)40-6-2)19(3)33-32-34(29)30(36)26(42-32)17-21-12-9-11-20-10-7-8-13-23(20)21/h7-17,28-29,32H,5-6,18H2,1-4H3/b26-17+/t28-,29+,32+/m1/s1. The fourth-order valence-corrected chi connectivity index (χ4v) is 6.46. The molecule has 0 bridgehead atoms. The molecule has 0 unspecified atom stereocenters. The van der Waals surface area contributed by atoms with Gasteiger partial charge in [0.25, 0.3) is 5.91 Å². The van der Waals surface area contributed by atoms with Crippen LogP contribution in [0.3, 0.4) is 0 Å². The van der Waals surface area contributed by atoms with Gasteiger partial charge < -0.3 is 18.9 Å². The van der Waals surface area contributed by atoms with E-state index in [9.17, 15) is 14.4 Å². The number of hydrogen-bond donors (Lipinski definition) is 0. The van der Waals surface area contributed by atoms with Crippen molar-refractivity contribution >= 4 is 52.2 Å². The van der Waals surface area contributed by atoms with Gasteiger partial charge in [-0.1, -0.05) is 60.3 Å². The summed E-state index contributed by atoms with van der Waals surface area (Å²) in [6.45, 7) is 5.41. The first-order valence-electron chi connectivity index (χ1n) is 13.7. The predicted octanol–water partition coefficient (Wildman–Crippen LogP) is 5.39. The first-order chi connectivity index (χ1) is 20.4. The fraction of sp³-hybridized carbons (Fsp3) is 0.312. The van der Waals surface area contributed by atoms with Gasteiger partial charge in [0, 0.05) is 5.71 Å². The summed E-state index contributed by atoms with van der Waals surface area (Å²) in [5, 5.41) is 2.11. The van der Waals surface area contributed by atoms with Gasteiger partial charge in [-0.15, -0.1) is 0 Å². The van der Waals surface area contributed by atoms with Gasteiger partial charge in [-0.3, -0.25) is 19.5 Å². The van der Waals surface area contributed by atoms with Crippen LogP contribution < -0.4 is 9.47 Å². The Labute approximate surface area is 248 Å². The molecule has 2 aliphatic heterocycles. The lowest BCUT2D eigenvalue weighted by Gasteiger charge is -2.39. The minimum Gasteiger partial charge on any atom is -0.493 e. The van der Waals surface area contributed by atoms with E-state index in [1.807, 2.05) is 48.5 Å². The first kappa shape index (κ1) is 29.2. The molecule has 2 heterocycles. The lowest BCUT2D eigenvalue weighted by molar-refractivity contribution is -0.149. The van der Waals surface area contributed by atoms with Gasteiger partial charge in [0.2, 0.25) is 0 Å². The van der Waals surface area contributed by atoms with Gasteiger partial charge in [0.1, 0.15) is 5.92 Å². The molecule has 9 nitrogen and oxygen atoms in total. The quantitative estimate of drug-likeness (QED) is 0.242. The van der Waals surface area contributed by atoms with Crippen LogP contribution >= 0.6 is 11.8 Å². The number of carbonyl (C=O) groups excluding carboxylic acids is 3. The number of thioether (sulfide) groups is 1. The average molecular weight is 589 g/mol. The van der Waals surface area contributed by atoms with Gasteiger partial charge in [-0.2, -0.15) is 0 Å². The van der Waals surface area contributed by atoms with Crippen molar-refractivity contribution in [2.24, 2.45) is 10.9 Å². The summed E-state index contributed by atoms with van der Waals surface area (Å²) in [5.74, 6) is -1.33. The second kappa shape index (κ2) is 12.7. The maximum absolute atomic E-state index is 14.1. The lowest BCUT2D eigenvalue weighted by Crippen LogP contribution is -2.48. The van der Waals surface area contributed by atoms with Crippen LogP contribution in [0.4, 0.5) is 0 Å².